The molecule has 82 valence electrons. The standard InChI is InChI=1S/C10H14N2O2S/c1-9-4-2-5-10(8-9)12-7-3-6-11-15(12,13)14/h2,4-5,8,11H,3,6-7H2,1H3. The molecule has 0 unspecified atom stereocenters. The van der Waals surface area contributed by atoms with Gasteiger partial charge in [0.1, 0.15) is 0 Å². The van der Waals surface area contributed by atoms with Gasteiger partial charge in [-0.25, -0.2) is 0 Å². The third-order valence-electron chi connectivity index (χ3n) is 2.40. The molecule has 0 aliphatic carbocycles. The van der Waals surface area contributed by atoms with Crippen molar-refractivity contribution in [3.05, 3.63) is 29.8 Å². The molecule has 1 aliphatic rings. The maximum Gasteiger partial charge on any atom is 0.301 e. The van der Waals surface area contributed by atoms with E-state index in [2.05, 4.69) is 4.72 Å². The first-order chi connectivity index (χ1) is 7.09. The van der Waals surface area contributed by atoms with Gasteiger partial charge in [-0.2, -0.15) is 13.1 Å². The largest absolute Gasteiger partial charge is 0.301 e. The van der Waals surface area contributed by atoms with Crippen molar-refractivity contribution in [2.45, 2.75) is 13.3 Å². The van der Waals surface area contributed by atoms with E-state index in [4.69, 9.17) is 0 Å². The number of anilines is 1. The molecule has 5 heteroatoms. The zero-order valence-corrected chi connectivity index (χ0v) is 9.42. The number of hydrogen-bond acceptors (Lipinski definition) is 2. The van der Waals surface area contributed by atoms with Crippen molar-refractivity contribution >= 4 is 15.9 Å². The van der Waals surface area contributed by atoms with Gasteiger partial charge < -0.3 is 0 Å². The van der Waals surface area contributed by atoms with E-state index in [0.29, 0.717) is 13.1 Å². The first kappa shape index (κ1) is 10.4. The van der Waals surface area contributed by atoms with E-state index in [9.17, 15) is 8.42 Å². The summed E-state index contributed by atoms with van der Waals surface area (Å²) in [6.07, 6.45) is 0.840. The highest BCUT2D eigenvalue weighted by molar-refractivity contribution is 7.90. The minimum Gasteiger partial charge on any atom is -0.258 e. The van der Waals surface area contributed by atoms with E-state index in [1.807, 2.05) is 31.2 Å². The summed E-state index contributed by atoms with van der Waals surface area (Å²) in [7, 11) is -3.31. The molecule has 0 radical (unpaired) electrons. The van der Waals surface area contributed by atoms with Gasteiger partial charge in [0.2, 0.25) is 0 Å². The molecule has 1 heterocycles. The molecule has 0 atom stereocenters. The number of hydrogen-bond donors (Lipinski definition) is 1. The Kier molecular flexibility index (Phi) is 2.67. The van der Waals surface area contributed by atoms with E-state index in [-0.39, 0.29) is 0 Å². The summed E-state index contributed by atoms with van der Waals surface area (Å²) in [5.41, 5.74) is 1.80. The van der Waals surface area contributed by atoms with Crippen LogP contribution in [0.4, 0.5) is 5.69 Å². The van der Waals surface area contributed by atoms with Crippen LogP contribution >= 0.6 is 0 Å². The lowest BCUT2D eigenvalue weighted by atomic mass is 10.2. The molecule has 1 saturated heterocycles. The number of nitrogens with one attached hydrogen (secondary N) is 1. The quantitative estimate of drug-likeness (QED) is 0.778. The normalized spacial score (nSPS) is 20.2. The van der Waals surface area contributed by atoms with Gasteiger partial charge in [0.15, 0.2) is 0 Å². The monoisotopic (exact) mass is 226 g/mol. The van der Waals surface area contributed by atoms with E-state index in [1.165, 1.54) is 4.31 Å². The maximum absolute atomic E-state index is 11.7. The summed E-state index contributed by atoms with van der Waals surface area (Å²) >= 11 is 0. The number of aryl methyl sites for hydroxylation is 1. The molecule has 4 nitrogen and oxygen atoms in total. The fourth-order valence-corrected chi connectivity index (χ4v) is 2.99. The van der Waals surface area contributed by atoms with Gasteiger partial charge in [-0.05, 0) is 31.0 Å². The molecular weight excluding hydrogens is 212 g/mol. The van der Waals surface area contributed by atoms with Gasteiger partial charge >= 0.3 is 10.2 Å². The summed E-state index contributed by atoms with van der Waals surface area (Å²) in [4.78, 5) is 0. The van der Waals surface area contributed by atoms with E-state index < -0.39 is 10.2 Å². The minimum absolute atomic E-state index is 0.532. The van der Waals surface area contributed by atoms with Gasteiger partial charge in [0, 0.05) is 13.1 Å². The Balaban J connectivity index is 2.37. The lowest BCUT2D eigenvalue weighted by Gasteiger charge is -2.28. The van der Waals surface area contributed by atoms with Crippen molar-refractivity contribution in [2.75, 3.05) is 17.4 Å². The molecule has 1 aliphatic heterocycles. The first-order valence-corrected chi connectivity index (χ1v) is 6.37. The highest BCUT2D eigenvalue weighted by atomic mass is 32.2. The van der Waals surface area contributed by atoms with Gasteiger partial charge in [-0.15, -0.1) is 0 Å². The third-order valence-corrected chi connectivity index (χ3v) is 3.94. The fourth-order valence-electron chi connectivity index (χ4n) is 1.67. The van der Waals surface area contributed by atoms with Gasteiger partial charge in [0.05, 0.1) is 5.69 Å². The molecule has 0 spiro atoms. The van der Waals surface area contributed by atoms with Gasteiger partial charge in [-0.1, -0.05) is 12.1 Å². The minimum atomic E-state index is -3.31. The maximum atomic E-state index is 11.7. The van der Waals surface area contributed by atoms with E-state index >= 15 is 0 Å². The summed E-state index contributed by atoms with van der Waals surface area (Å²) in [6.45, 7) is 3.04. The van der Waals surface area contributed by atoms with Crippen LogP contribution in [0.2, 0.25) is 0 Å². The Morgan fingerprint density at radius 1 is 1.40 bits per heavy atom. The number of nitrogens with zero attached hydrogens (tertiary/aromatic N) is 1. The van der Waals surface area contributed by atoms with Crippen molar-refractivity contribution in [1.82, 2.24) is 4.72 Å². The van der Waals surface area contributed by atoms with Crippen LogP contribution in [0.5, 0.6) is 0 Å². The average molecular weight is 226 g/mol. The van der Waals surface area contributed by atoms with Crippen LogP contribution in [0.1, 0.15) is 12.0 Å². The molecule has 0 bridgehead atoms. The van der Waals surface area contributed by atoms with Crippen molar-refractivity contribution in [3.8, 4) is 0 Å². The zero-order valence-electron chi connectivity index (χ0n) is 8.60. The van der Waals surface area contributed by atoms with Crippen molar-refractivity contribution in [2.24, 2.45) is 0 Å². The Labute approximate surface area is 90.1 Å². The number of benzene rings is 1. The molecular formula is C10H14N2O2S. The van der Waals surface area contributed by atoms with Crippen LogP contribution in [-0.4, -0.2) is 21.5 Å². The Bertz CT molecular complexity index is 456. The van der Waals surface area contributed by atoms with Crippen molar-refractivity contribution < 1.29 is 8.42 Å². The molecule has 0 saturated carbocycles. The summed E-state index contributed by atoms with van der Waals surface area (Å²) in [5.74, 6) is 0. The predicted octanol–water partition coefficient (Wildman–Crippen LogP) is 1.04. The Hall–Kier alpha value is -1.07. The van der Waals surface area contributed by atoms with Crippen LogP contribution in [0.25, 0.3) is 0 Å². The zero-order chi connectivity index (χ0) is 10.9. The molecule has 1 aromatic carbocycles. The second-order valence-corrected chi connectivity index (χ2v) is 5.34. The predicted molar refractivity (Wildman–Crippen MR) is 60.1 cm³/mol. The Morgan fingerprint density at radius 3 is 2.87 bits per heavy atom. The summed E-state index contributed by atoms with van der Waals surface area (Å²) < 4.78 is 27.4. The van der Waals surface area contributed by atoms with Crippen LogP contribution < -0.4 is 9.03 Å². The number of rotatable bonds is 1. The lowest BCUT2D eigenvalue weighted by molar-refractivity contribution is 0.560. The van der Waals surface area contributed by atoms with E-state index in [1.54, 1.807) is 0 Å². The summed E-state index contributed by atoms with van der Waals surface area (Å²) in [6, 6.07) is 7.52. The topological polar surface area (TPSA) is 49.4 Å². The SMILES string of the molecule is Cc1cccc(N2CCCNS2(=O)=O)c1. The smallest absolute Gasteiger partial charge is 0.258 e. The first-order valence-electron chi connectivity index (χ1n) is 4.93. The molecule has 15 heavy (non-hydrogen) atoms. The highest BCUT2D eigenvalue weighted by Gasteiger charge is 2.25. The molecule has 1 fully saturated rings. The second kappa shape index (κ2) is 3.83. The van der Waals surface area contributed by atoms with Crippen molar-refractivity contribution in [3.63, 3.8) is 0 Å². The van der Waals surface area contributed by atoms with Crippen molar-refractivity contribution in [1.29, 1.82) is 0 Å². The second-order valence-electron chi connectivity index (χ2n) is 3.66. The molecule has 1 aromatic rings. The lowest BCUT2D eigenvalue weighted by Crippen LogP contribution is -2.47. The van der Waals surface area contributed by atoms with Crippen LogP contribution in [-0.2, 0) is 10.2 Å². The van der Waals surface area contributed by atoms with Crippen LogP contribution in [0.3, 0.4) is 0 Å². The molecule has 0 aromatic heterocycles. The van der Waals surface area contributed by atoms with Crippen LogP contribution in [0.15, 0.2) is 24.3 Å². The molecule has 0 amide bonds. The average Bonchev–Trinajstić information content (AvgIpc) is 2.17. The third kappa shape index (κ3) is 2.13. The molecule has 2 rings (SSSR count). The van der Waals surface area contributed by atoms with Gasteiger partial charge in [-0.3, -0.25) is 4.31 Å². The Morgan fingerprint density at radius 2 is 2.20 bits per heavy atom. The summed E-state index contributed by atoms with van der Waals surface area (Å²) in [5, 5.41) is 0. The van der Waals surface area contributed by atoms with Gasteiger partial charge in [0.25, 0.3) is 0 Å². The molecule has 1 N–H and O–H groups in total. The van der Waals surface area contributed by atoms with E-state index in [0.717, 1.165) is 17.7 Å². The fraction of sp³-hybridized carbons (Fsp3) is 0.400. The highest BCUT2D eigenvalue weighted by Crippen LogP contribution is 2.20. The van der Waals surface area contributed by atoms with Crippen LogP contribution in [0, 0.1) is 6.92 Å².